The molecule has 2 atom stereocenters. The lowest BCUT2D eigenvalue weighted by Crippen LogP contribution is -2.32. The van der Waals surface area contributed by atoms with Gasteiger partial charge in [0.25, 0.3) is 0 Å². The molecule has 5 nitrogen and oxygen atoms in total. The number of carbonyl (C=O) groups is 2. The summed E-state index contributed by atoms with van der Waals surface area (Å²) < 4.78 is 9.56. The molecule has 1 aliphatic rings. The van der Waals surface area contributed by atoms with Crippen LogP contribution in [-0.4, -0.2) is 38.2 Å². The molecule has 0 aromatic rings. The Kier molecular flexibility index (Phi) is 5.25. The van der Waals surface area contributed by atoms with E-state index in [1.54, 1.807) is 6.92 Å². The maximum Gasteiger partial charge on any atom is 0.310 e. The van der Waals surface area contributed by atoms with Crippen molar-refractivity contribution in [3.05, 3.63) is 0 Å². The molecule has 1 saturated heterocycles. The van der Waals surface area contributed by atoms with Gasteiger partial charge >= 0.3 is 11.9 Å². The van der Waals surface area contributed by atoms with Gasteiger partial charge in [-0.25, -0.2) is 0 Å². The minimum atomic E-state index is -0.209. The number of hydrogen-bond acceptors (Lipinski definition) is 5. The third-order valence-electron chi connectivity index (χ3n) is 2.82. The zero-order valence-electron chi connectivity index (χ0n) is 9.82. The van der Waals surface area contributed by atoms with Gasteiger partial charge in [0.05, 0.1) is 19.6 Å². The molecule has 0 aromatic carbocycles. The zero-order chi connectivity index (χ0) is 12.0. The number of methoxy groups -OCH3 is 1. The Labute approximate surface area is 95.5 Å². The van der Waals surface area contributed by atoms with Gasteiger partial charge in [-0.1, -0.05) is 0 Å². The molecule has 0 bridgehead atoms. The summed E-state index contributed by atoms with van der Waals surface area (Å²) in [6.07, 6.45) is 1.75. The molecule has 1 heterocycles. The van der Waals surface area contributed by atoms with Gasteiger partial charge in [0.1, 0.15) is 0 Å². The predicted octanol–water partition coefficient (Wildman–Crippen LogP) is 0.481. The minimum Gasteiger partial charge on any atom is -0.469 e. The van der Waals surface area contributed by atoms with Crippen LogP contribution in [0.2, 0.25) is 0 Å². The molecule has 0 saturated carbocycles. The monoisotopic (exact) mass is 229 g/mol. The second kappa shape index (κ2) is 6.48. The lowest BCUT2D eigenvalue weighted by Gasteiger charge is -2.16. The van der Waals surface area contributed by atoms with Crippen LogP contribution in [0.5, 0.6) is 0 Å². The van der Waals surface area contributed by atoms with Crippen LogP contribution in [0.4, 0.5) is 0 Å². The normalized spacial score (nSPS) is 24.1. The van der Waals surface area contributed by atoms with Crippen molar-refractivity contribution in [2.75, 3.05) is 20.3 Å². The largest absolute Gasteiger partial charge is 0.469 e. The number of nitrogens with one attached hydrogen (secondary N) is 1. The highest BCUT2D eigenvalue weighted by molar-refractivity contribution is 5.74. The minimum absolute atomic E-state index is 0.0388. The lowest BCUT2D eigenvalue weighted by molar-refractivity contribution is -0.147. The van der Waals surface area contributed by atoms with E-state index in [2.05, 4.69) is 5.32 Å². The third kappa shape index (κ3) is 3.48. The number of hydrogen-bond donors (Lipinski definition) is 1. The Morgan fingerprint density at radius 2 is 2.19 bits per heavy atom. The van der Waals surface area contributed by atoms with Gasteiger partial charge in [-0.2, -0.15) is 0 Å². The van der Waals surface area contributed by atoms with Gasteiger partial charge < -0.3 is 14.8 Å². The SMILES string of the molecule is CCOC(=O)CC[C@@H]1NCC[C@@H]1C(=O)OC. The molecule has 0 aromatic heterocycles. The van der Waals surface area contributed by atoms with Crippen molar-refractivity contribution in [2.45, 2.75) is 32.2 Å². The number of ether oxygens (including phenoxy) is 2. The third-order valence-corrected chi connectivity index (χ3v) is 2.82. The average molecular weight is 229 g/mol. The standard InChI is InChI=1S/C11H19NO4/c1-3-16-10(13)5-4-9-8(6-7-12-9)11(14)15-2/h8-9,12H,3-7H2,1-2H3/t8-,9-/m0/s1. The molecule has 0 aliphatic carbocycles. The van der Waals surface area contributed by atoms with E-state index in [9.17, 15) is 9.59 Å². The molecular formula is C11H19NO4. The van der Waals surface area contributed by atoms with E-state index in [0.29, 0.717) is 19.4 Å². The lowest BCUT2D eigenvalue weighted by atomic mass is 9.97. The van der Waals surface area contributed by atoms with E-state index in [1.807, 2.05) is 0 Å². The molecule has 1 aliphatic heterocycles. The highest BCUT2D eigenvalue weighted by atomic mass is 16.5. The van der Waals surface area contributed by atoms with Crippen LogP contribution in [0.25, 0.3) is 0 Å². The fourth-order valence-corrected chi connectivity index (χ4v) is 2.01. The first-order chi connectivity index (χ1) is 7.69. The Bertz CT molecular complexity index is 254. The van der Waals surface area contributed by atoms with Crippen LogP contribution in [0.15, 0.2) is 0 Å². The van der Waals surface area contributed by atoms with E-state index >= 15 is 0 Å². The first kappa shape index (κ1) is 13.0. The summed E-state index contributed by atoms with van der Waals surface area (Å²) in [6, 6.07) is 0.0388. The zero-order valence-corrected chi connectivity index (χ0v) is 9.82. The summed E-state index contributed by atoms with van der Waals surface area (Å²) in [6.45, 7) is 2.98. The molecule has 0 amide bonds. The smallest absolute Gasteiger partial charge is 0.310 e. The summed E-state index contributed by atoms with van der Waals surface area (Å²) in [5.41, 5.74) is 0. The van der Waals surface area contributed by atoms with E-state index in [1.165, 1.54) is 7.11 Å². The Balaban J connectivity index is 2.35. The van der Waals surface area contributed by atoms with Gasteiger partial charge in [-0.15, -0.1) is 0 Å². The molecule has 16 heavy (non-hydrogen) atoms. The van der Waals surface area contributed by atoms with Crippen molar-refractivity contribution >= 4 is 11.9 Å². The summed E-state index contributed by atoms with van der Waals surface area (Å²) >= 11 is 0. The molecule has 1 rings (SSSR count). The maximum absolute atomic E-state index is 11.4. The van der Waals surface area contributed by atoms with Gasteiger partial charge in [-0.3, -0.25) is 9.59 Å². The van der Waals surface area contributed by atoms with Crippen LogP contribution < -0.4 is 5.32 Å². The summed E-state index contributed by atoms with van der Waals surface area (Å²) in [7, 11) is 1.39. The molecular weight excluding hydrogens is 210 g/mol. The van der Waals surface area contributed by atoms with Gasteiger partial charge in [-0.05, 0) is 26.3 Å². The molecule has 0 spiro atoms. The van der Waals surface area contributed by atoms with E-state index in [-0.39, 0.29) is 23.9 Å². The number of carbonyl (C=O) groups excluding carboxylic acids is 2. The van der Waals surface area contributed by atoms with Crippen molar-refractivity contribution < 1.29 is 19.1 Å². The second-order valence-electron chi connectivity index (χ2n) is 3.82. The van der Waals surface area contributed by atoms with Gasteiger partial charge in [0.2, 0.25) is 0 Å². The van der Waals surface area contributed by atoms with Crippen LogP contribution in [-0.2, 0) is 19.1 Å². The fourth-order valence-electron chi connectivity index (χ4n) is 2.01. The highest BCUT2D eigenvalue weighted by Gasteiger charge is 2.33. The summed E-state index contributed by atoms with van der Waals surface area (Å²) in [5.74, 6) is -0.530. The molecule has 5 heteroatoms. The van der Waals surface area contributed by atoms with E-state index < -0.39 is 0 Å². The Morgan fingerprint density at radius 1 is 1.44 bits per heavy atom. The Hall–Kier alpha value is -1.10. The van der Waals surface area contributed by atoms with E-state index in [0.717, 1.165) is 13.0 Å². The van der Waals surface area contributed by atoms with Crippen LogP contribution in [0.1, 0.15) is 26.2 Å². The summed E-state index contributed by atoms with van der Waals surface area (Å²) in [5, 5.41) is 3.21. The average Bonchev–Trinajstić information content (AvgIpc) is 2.74. The van der Waals surface area contributed by atoms with Crippen LogP contribution in [0.3, 0.4) is 0 Å². The maximum atomic E-state index is 11.4. The molecule has 92 valence electrons. The summed E-state index contributed by atoms with van der Waals surface area (Å²) in [4.78, 5) is 22.6. The Morgan fingerprint density at radius 3 is 2.81 bits per heavy atom. The first-order valence-corrected chi connectivity index (χ1v) is 5.65. The first-order valence-electron chi connectivity index (χ1n) is 5.65. The number of rotatable bonds is 5. The van der Waals surface area contributed by atoms with Crippen LogP contribution >= 0.6 is 0 Å². The van der Waals surface area contributed by atoms with Gasteiger partial charge in [0.15, 0.2) is 0 Å². The van der Waals surface area contributed by atoms with Crippen molar-refractivity contribution in [2.24, 2.45) is 5.92 Å². The van der Waals surface area contributed by atoms with Crippen LogP contribution in [0, 0.1) is 5.92 Å². The van der Waals surface area contributed by atoms with E-state index in [4.69, 9.17) is 9.47 Å². The highest BCUT2D eigenvalue weighted by Crippen LogP contribution is 2.20. The topological polar surface area (TPSA) is 64.6 Å². The van der Waals surface area contributed by atoms with Crippen molar-refractivity contribution in [1.29, 1.82) is 0 Å². The molecule has 1 fully saturated rings. The molecule has 0 radical (unpaired) electrons. The predicted molar refractivity (Wildman–Crippen MR) is 57.8 cm³/mol. The molecule has 0 unspecified atom stereocenters. The molecule has 1 N–H and O–H groups in total. The second-order valence-corrected chi connectivity index (χ2v) is 3.82. The fraction of sp³-hybridized carbons (Fsp3) is 0.818. The van der Waals surface area contributed by atoms with Crippen molar-refractivity contribution in [1.82, 2.24) is 5.32 Å². The van der Waals surface area contributed by atoms with Gasteiger partial charge in [0, 0.05) is 12.5 Å². The quantitative estimate of drug-likeness (QED) is 0.695. The van der Waals surface area contributed by atoms with Crippen molar-refractivity contribution in [3.63, 3.8) is 0 Å². The van der Waals surface area contributed by atoms with Crippen molar-refractivity contribution in [3.8, 4) is 0 Å². The number of esters is 2.